The SMILES string of the molecule is Cc1cc(Br)c(NCC(O)COC2CCCCC2)c(Br)c1. The predicted molar refractivity (Wildman–Crippen MR) is 93.9 cm³/mol. The number of aryl methyl sites for hydroxylation is 1. The normalized spacial score (nSPS) is 17.7. The molecule has 21 heavy (non-hydrogen) atoms. The van der Waals surface area contributed by atoms with Crippen LogP contribution in [0, 0.1) is 6.92 Å². The van der Waals surface area contributed by atoms with E-state index in [1.54, 1.807) is 0 Å². The molecule has 1 aromatic rings. The van der Waals surface area contributed by atoms with Gasteiger partial charge < -0.3 is 15.2 Å². The molecule has 1 saturated carbocycles. The monoisotopic (exact) mass is 419 g/mol. The topological polar surface area (TPSA) is 41.5 Å². The number of nitrogens with one attached hydrogen (secondary N) is 1. The van der Waals surface area contributed by atoms with E-state index >= 15 is 0 Å². The second-order valence-corrected chi connectivity index (χ2v) is 7.44. The fraction of sp³-hybridized carbons (Fsp3) is 0.625. The van der Waals surface area contributed by atoms with E-state index in [9.17, 15) is 5.11 Å². The summed E-state index contributed by atoms with van der Waals surface area (Å²) in [5, 5.41) is 13.3. The van der Waals surface area contributed by atoms with Crippen LogP contribution in [0.5, 0.6) is 0 Å². The molecule has 0 aromatic heterocycles. The molecule has 0 amide bonds. The Bertz CT molecular complexity index is 439. The third kappa shape index (κ3) is 5.55. The van der Waals surface area contributed by atoms with Crippen LogP contribution in [-0.4, -0.2) is 30.5 Å². The van der Waals surface area contributed by atoms with E-state index in [1.807, 2.05) is 6.92 Å². The van der Waals surface area contributed by atoms with Crippen molar-refractivity contribution in [3.05, 3.63) is 26.6 Å². The molecule has 1 fully saturated rings. The minimum absolute atomic E-state index is 0.339. The number of ether oxygens (including phenoxy) is 1. The molecule has 0 spiro atoms. The van der Waals surface area contributed by atoms with Crippen molar-refractivity contribution in [3.8, 4) is 0 Å². The molecule has 1 aromatic carbocycles. The molecule has 1 aliphatic carbocycles. The lowest BCUT2D eigenvalue weighted by Crippen LogP contribution is -2.28. The van der Waals surface area contributed by atoms with E-state index in [2.05, 4.69) is 49.3 Å². The average Bonchev–Trinajstić information content (AvgIpc) is 2.45. The summed E-state index contributed by atoms with van der Waals surface area (Å²) in [7, 11) is 0. The van der Waals surface area contributed by atoms with Gasteiger partial charge in [0.05, 0.1) is 24.5 Å². The van der Waals surface area contributed by atoms with Crippen molar-refractivity contribution in [1.29, 1.82) is 0 Å². The maximum Gasteiger partial charge on any atom is 0.0945 e. The molecular weight excluding hydrogens is 398 g/mol. The second kappa shape index (κ2) is 8.51. The Labute approximate surface area is 143 Å². The lowest BCUT2D eigenvalue weighted by Gasteiger charge is -2.23. The molecule has 1 unspecified atom stereocenters. The van der Waals surface area contributed by atoms with Gasteiger partial charge in [0.25, 0.3) is 0 Å². The van der Waals surface area contributed by atoms with Crippen LogP contribution >= 0.6 is 31.9 Å². The summed E-state index contributed by atoms with van der Waals surface area (Å²) in [5.74, 6) is 0. The van der Waals surface area contributed by atoms with Crippen molar-refractivity contribution < 1.29 is 9.84 Å². The van der Waals surface area contributed by atoms with Gasteiger partial charge in [-0.2, -0.15) is 0 Å². The molecule has 0 saturated heterocycles. The number of aliphatic hydroxyl groups is 1. The van der Waals surface area contributed by atoms with Gasteiger partial charge in [0, 0.05) is 15.5 Å². The van der Waals surface area contributed by atoms with Crippen molar-refractivity contribution in [1.82, 2.24) is 0 Å². The molecule has 0 heterocycles. The van der Waals surface area contributed by atoms with Gasteiger partial charge in [-0.05, 0) is 69.3 Å². The van der Waals surface area contributed by atoms with Crippen molar-refractivity contribution in [2.24, 2.45) is 0 Å². The summed E-state index contributed by atoms with van der Waals surface area (Å²) in [4.78, 5) is 0. The smallest absolute Gasteiger partial charge is 0.0945 e. The van der Waals surface area contributed by atoms with Crippen molar-refractivity contribution in [2.75, 3.05) is 18.5 Å². The van der Waals surface area contributed by atoms with E-state index in [0.717, 1.165) is 27.5 Å². The number of anilines is 1. The van der Waals surface area contributed by atoms with Crippen LogP contribution in [0.25, 0.3) is 0 Å². The largest absolute Gasteiger partial charge is 0.389 e. The van der Waals surface area contributed by atoms with E-state index in [4.69, 9.17) is 4.74 Å². The van der Waals surface area contributed by atoms with Gasteiger partial charge in [-0.25, -0.2) is 0 Å². The van der Waals surface area contributed by atoms with Gasteiger partial charge in [-0.1, -0.05) is 19.3 Å². The highest BCUT2D eigenvalue weighted by atomic mass is 79.9. The summed E-state index contributed by atoms with van der Waals surface area (Å²) >= 11 is 7.09. The molecule has 1 atom stereocenters. The third-order valence-electron chi connectivity index (χ3n) is 3.78. The number of aliphatic hydroxyl groups excluding tert-OH is 1. The van der Waals surface area contributed by atoms with Crippen LogP contribution in [-0.2, 0) is 4.74 Å². The van der Waals surface area contributed by atoms with Gasteiger partial charge in [-0.15, -0.1) is 0 Å². The first kappa shape index (κ1) is 17.3. The number of hydrogen-bond acceptors (Lipinski definition) is 3. The van der Waals surface area contributed by atoms with Gasteiger partial charge in [0.1, 0.15) is 0 Å². The van der Waals surface area contributed by atoms with Gasteiger partial charge >= 0.3 is 0 Å². The Balaban J connectivity index is 1.77. The average molecular weight is 421 g/mol. The number of benzene rings is 1. The highest BCUT2D eigenvalue weighted by molar-refractivity contribution is 9.11. The van der Waals surface area contributed by atoms with E-state index in [1.165, 1.54) is 24.8 Å². The molecule has 0 radical (unpaired) electrons. The Morgan fingerprint density at radius 2 is 1.86 bits per heavy atom. The van der Waals surface area contributed by atoms with E-state index in [0.29, 0.717) is 19.3 Å². The zero-order valence-electron chi connectivity index (χ0n) is 12.4. The van der Waals surface area contributed by atoms with Gasteiger partial charge in [-0.3, -0.25) is 0 Å². The molecule has 118 valence electrons. The van der Waals surface area contributed by atoms with Crippen molar-refractivity contribution >= 4 is 37.5 Å². The number of halogens is 2. The molecule has 5 heteroatoms. The fourth-order valence-corrected chi connectivity index (χ4v) is 4.32. The predicted octanol–water partition coefficient (Wildman–Crippen LogP) is 4.64. The quantitative estimate of drug-likeness (QED) is 0.704. The van der Waals surface area contributed by atoms with Crippen LogP contribution in [0.1, 0.15) is 37.7 Å². The minimum atomic E-state index is -0.493. The summed E-state index contributed by atoms with van der Waals surface area (Å²) < 4.78 is 7.79. The summed E-state index contributed by atoms with van der Waals surface area (Å²) in [6, 6.07) is 4.11. The van der Waals surface area contributed by atoms with E-state index < -0.39 is 6.10 Å². The Hall–Kier alpha value is -0.100. The first-order valence-electron chi connectivity index (χ1n) is 7.55. The maximum atomic E-state index is 10.1. The molecule has 1 aliphatic rings. The highest BCUT2D eigenvalue weighted by Crippen LogP contribution is 2.32. The van der Waals surface area contributed by atoms with Crippen LogP contribution in [0.4, 0.5) is 5.69 Å². The zero-order valence-corrected chi connectivity index (χ0v) is 15.5. The van der Waals surface area contributed by atoms with Gasteiger partial charge in [0.2, 0.25) is 0 Å². The standard InChI is InChI=1S/C16H23Br2NO2/c1-11-7-14(17)16(15(18)8-11)19-9-12(20)10-21-13-5-3-2-4-6-13/h7-8,12-13,19-20H,2-6,9-10H2,1H3. The third-order valence-corrected chi connectivity index (χ3v) is 5.03. The fourth-order valence-electron chi connectivity index (χ4n) is 2.63. The molecule has 0 aliphatic heterocycles. The van der Waals surface area contributed by atoms with E-state index in [-0.39, 0.29) is 0 Å². The van der Waals surface area contributed by atoms with Crippen LogP contribution < -0.4 is 5.32 Å². The van der Waals surface area contributed by atoms with Crippen LogP contribution in [0.3, 0.4) is 0 Å². The summed E-state index contributed by atoms with van der Waals surface area (Å²) in [6.07, 6.45) is 5.94. The van der Waals surface area contributed by atoms with Crippen molar-refractivity contribution in [2.45, 2.75) is 51.2 Å². The van der Waals surface area contributed by atoms with Crippen LogP contribution in [0.15, 0.2) is 21.1 Å². The maximum absolute atomic E-state index is 10.1. The minimum Gasteiger partial charge on any atom is -0.389 e. The number of rotatable bonds is 6. The van der Waals surface area contributed by atoms with Gasteiger partial charge in [0.15, 0.2) is 0 Å². The molecule has 0 bridgehead atoms. The first-order chi connectivity index (χ1) is 10.1. The lowest BCUT2D eigenvalue weighted by molar-refractivity contribution is -0.0195. The Kier molecular flexibility index (Phi) is 6.99. The second-order valence-electron chi connectivity index (χ2n) is 5.73. The Morgan fingerprint density at radius 3 is 2.48 bits per heavy atom. The molecule has 3 nitrogen and oxygen atoms in total. The summed E-state index contributed by atoms with van der Waals surface area (Å²) in [6.45, 7) is 2.93. The molecule has 2 N–H and O–H groups in total. The molecule has 2 rings (SSSR count). The Morgan fingerprint density at radius 1 is 1.24 bits per heavy atom. The van der Waals surface area contributed by atoms with Crippen LogP contribution in [0.2, 0.25) is 0 Å². The molecular formula is C16H23Br2NO2. The lowest BCUT2D eigenvalue weighted by atomic mass is 9.98. The zero-order chi connectivity index (χ0) is 15.2. The summed E-state index contributed by atoms with van der Waals surface area (Å²) in [5.41, 5.74) is 2.15. The van der Waals surface area contributed by atoms with Crippen molar-refractivity contribution in [3.63, 3.8) is 0 Å². The number of hydrogen-bond donors (Lipinski definition) is 2. The first-order valence-corrected chi connectivity index (χ1v) is 9.14. The highest BCUT2D eigenvalue weighted by Gasteiger charge is 2.16.